The molecular weight excluding hydrogens is 320 g/mol. The van der Waals surface area contributed by atoms with Gasteiger partial charge >= 0.3 is 12.0 Å². The Kier molecular flexibility index (Phi) is 4.74. The van der Waals surface area contributed by atoms with Crippen LogP contribution in [0.15, 0.2) is 30.3 Å². The van der Waals surface area contributed by atoms with Gasteiger partial charge in [0.1, 0.15) is 0 Å². The number of rotatable bonds is 3. The van der Waals surface area contributed by atoms with Gasteiger partial charge in [-0.3, -0.25) is 0 Å². The number of nitrogens with zero attached hydrogens (tertiary/aromatic N) is 4. The first-order valence-electron chi connectivity index (χ1n) is 8.32. The molecule has 0 spiro atoms. The molecule has 0 fully saturated rings. The van der Waals surface area contributed by atoms with E-state index in [-0.39, 0.29) is 18.3 Å². The zero-order valence-corrected chi connectivity index (χ0v) is 14.7. The van der Waals surface area contributed by atoms with Gasteiger partial charge in [0.2, 0.25) is 0 Å². The van der Waals surface area contributed by atoms with Crippen molar-refractivity contribution in [2.24, 2.45) is 0 Å². The summed E-state index contributed by atoms with van der Waals surface area (Å²) in [4.78, 5) is 27.9. The van der Waals surface area contributed by atoms with Gasteiger partial charge in [0.05, 0.1) is 24.5 Å². The highest BCUT2D eigenvalue weighted by Crippen LogP contribution is 2.26. The molecule has 1 aromatic heterocycles. The molecule has 2 heterocycles. The smallest absolute Gasteiger partial charge is 0.359 e. The van der Waals surface area contributed by atoms with E-state index in [1.807, 2.05) is 30.3 Å². The standard InChI is InChI=1S/C18H22N4O3/c1-4-25-17(23)16-14-12-21(18(24)20(2)3)11-10-15(14)22(19-16)13-8-6-5-7-9-13/h5-9H,4,10-12H2,1-3H3. The SMILES string of the molecule is CCOC(=O)c1nn(-c2ccccc2)c2c1CN(C(=O)N(C)C)CC2. The largest absolute Gasteiger partial charge is 0.461 e. The Morgan fingerprint density at radius 2 is 1.96 bits per heavy atom. The van der Waals surface area contributed by atoms with Gasteiger partial charge in [-0.2, -0.15) is 5.10 Å². The van der Waals surface area contributed by atoms with E-state index >= 15 is 0 Å². The van der Waals surface area contributed by atoms with Gasteiger partial charge in [0.25, 0.3) is 0 Å². The van der Waals surface area contributed by atoms with E-state index in [0.29, 0.717) is 19.5 Å². The maximum Gasteiger partial charge on any atom is 0.359 e. The molecule has 0 unspecified atom stereocenters. The summed E-state index contributed by atoms with van der Waals surface area (Å²) in [5.41, 5.74) is 2.90. The van der Waals surface area contributed by atoms with Crippen molar-refractivity contribution in [2.45, 2.75) is 19.9 Å². The molecule has 25 heavy (non-hydrogen) atoms. The minimum atomic E-state index is -0.451. The van der Waals surface area contributed by atoms with Crippen molar-refractivity contribution in [3.8, 4) is 5.69 Å². The quantitative estimate of drug-likeness (QED) is 0.801. The normalized spacial score (nSPS) is 13.3. The third kappa shape index (κ3) is 3.22. The van der Waals surface area contributed by atoms with Crippen LogP contribution in [0.5, 0.6) is 0 Å². The number of fused-ring (bicyclic) bond motifs is 1. The molecular formula is C18H22N4O3. The average molecular weight is 342 g/mol. The molecule has 2 aromatic rings. The Bertz CT molecular complexity index is 783. The lowest BCUT2D eigenvalue weighted by molar-refractivity contribution is 0.0516. The van der Waals surface area contributed by atoms with E-state index in [2.05, 4.69) is 5.10 Å². The van der Waals surface area contributed by atoms with Gasteiger partial charge < -0.3 is 14.5 Å². The average Bonchev–Trinajstić information content (AvgIpc) is 3.00. The van der Waals surface area contributed by atoms with Crippen LogP contribution >= 0.6 is 0 Å². The van der Waals surface area contributed by atoms with Crippen LogP contribution in [0.1, 0.15) is 28.7 Å². The number of hydrogen-bond acceptors (Lipinski definition) is 4. The third-order valence-corrected chi connectivity index (χ3v) is 4.18. The van der Waals surface area contributed by atoms with E-state index in [0.717, 1.165) is 16.9 Å². The van der Waals surface area contributed by atoms with E-state index < -0.39 is 5.97 Å². The van der Waals surface area contributed by atoms with Crippen LogP contribution in [-0.4, -0.2) is 58.8 Å². The minimum Gasteiger partial charge on any atom is -0.461 e. The summed E-state index contributed by atoms with van der Waals surface area (Å²) in [6.07, 6.45) is 0.635. The fraction of sp³-hybridized carbons (Fsp3) is 0.389. The van der Waals surface area contributed by atoms with Crippen LogP contribution in [-0.2, 0) is 17.7 Å². The molecule has 7 heteroatoms. The number of ether oxygens (including phenoxy) is 1. The lowest BCUT2D eigenvalue weighted by atomic mass is 10.0. The van der Waals surface area contributed by atoms with Gasteiger partial charge in [-0.1, -0.05) is 18.2 Å². The highest BCUT2D eigenvalue weighted by Gasteiger charge is 2.31. The van der Waals surface area contributed by atoms with Crippen molar-refractivity contribution in [1.82, 2.24) is 19.6 Å². The molecule has 0 atom stereocenters. The van der Waals surface area contributed by atoms with E-state index in [1.165, 1.54) is 4.90 Å². The zero-order valence-electron chi connectivity index (χ0n) is 14.7. The Labute approximate surface area is 146 Å². The number of esters is 1. The lowest BCUT2D eigenvalue weighted by Gasteiger charge is -2.30. The molecule has 0 saturated carbocycles. The first kappa shape index (κ1) is 17.0. The molecule has 1 aliphatic rings. The fourth-order valence-corrected chi connectivity index (χ4v) is 3.01. The Hall–Kier alpha value is -2.83. The van der Waals surface area contributed by atoms with Crippen LogP contribution in [0.25, 0.3) is 5.69 Å². The second-order valence-electron chi connectivity index (χ2n) is 6.09. The summed E-state index contributed by atoms with van der Waals surface area (Å²) >= 11 is 0. The molecule has 7 nitrogen and oxygen atoms in total. The predicted molar refractivity (Wildman–Crippen MR) is 92.7 cm³/mol. The van der Waals surface area contributed by atoms with Gasteiger partial charge in [0, 0.05) is 32.6 Å². The monoisotopic (exact) mass is 342 g/mol. The first-order valence-corrected chi connectivity index (χ1v) is 8.32. The topological polar surface area (TPSA) is 67.7 Å². The van der Waals surface area contributed by atoms with Crippen LogP contribution < -0.4 is 0 Å². The first-order chi connectivity index (χ1) is 12.0. The zero-order chi connectivity index (χ0) is 18.0. The van der Waals surface area contributed by atoms with Crippen LogP contribution in [0.3, 0.4) is 0 Å². The van der Waals surface area contributed by atoms with Crippen molar-refractivity contribution < 1.29 is 14.3 Å². The molecule has 3 rings (SSSR count). The molecule has 132 valence electrons. The maximum absolute atomic E-state index is 12.4. The number of hydrogen-bond donors (Lipinski definition) is 0. The van der Waals surface area contributed by atoms with Gasteiger partial charge in [-0.05, 0) is 19.1 Å². The number of amides is 2. The number of carbonyl (C=O) groups excluding carboxylic acids is 2. The van der Waals surface area contributed by atoms with Crippen LogP contribution in [0.4, 0.5) is 4.79 Å². The second-order valence-corrected chi connectivity index (χ2v) is 6.09. The summed E-state index contributed by atoms with van der Waals surface area (Å²) in [5, 5.41) is 4.51. The molecule has 0 radical (unpaired) electrons. The van der Waals surface area contributed by atoms with Crippen molar-refractivity contribution in [2.75, 3.05) is 27.2 Å². The number of urea groups is 1. The predicted octanol–water partition coefficient (Wildman–Crippen LogP) is 2.09. The highest BCUT2D eigenvalue weighted by molar-refractivity contribution is 5.89. The van der Waals surface area contributed by atoms with Crippen LogP contribution in [0.2, 0.25) is 0 Å². The van der Waals surface area contributed by atoms with Gasteiger partial charge in [0.15, 0.2) is 5.69 Å². The number of para-hydroxylation sites is 1. The summed E-state index contributed by atoms with van der Waals surface area (Å²) < 4.78 is 6.95. The molecule has 0 bridgehead atoms. The third-order valence-electron chi connectivity index (χ3n) is 4.18. The molecule has 0 N–H and O–H groups in total. The Balaban J connectivity index is 2.04. The number of aromatic nitrogens is 2. The van der Waals surface area contributed by atoms with E-state index in [4.69, 9.17) is 4.74 Å². The van der Waals surface area contributed by atoms with Crippen LogP contribution in [0, 0.1) is 0 Å². The van der Waals surface area contributed by atoms with Crippen molar-refractivity contribution in [1.29, 1.82) is 0 Å². The molecule has 1 aliphatic heterocycles. The lowest BCUT2D eigenvalue weighted by Crippen LogP contribution is -2.42. The molecule has 2 amide bonds. The molecule has 0 saturated heterocycles. The maximum atomic E-state index is 12.4. The fourth-order valence-electron chi connectivity index (χ4n) is 3.01. The highest BCUT2D eigenvalue weighted by atomic mass is 16.5. The Morgan fingerprint density at radius 3 is 2.60 bits per heavy atom. The molecule has 1 aromatic carbocycles. The van der Waals surface area contributed by atoms with Gasteiger partial charge in [-0.25, -0.2) is 14.3 Å². The van der Waals surface area contributed by atoms with E-state index in [9.17, 15) is 9.59 Å². The summed E-state index contributed by atoms with van der Waals surface area (Å²) in [7, 11) is 3.44. The summed E-state index contributed by atoms with van der Waals surface area (Å²) in [5.74, 6) is -0.451. The number of carbonyl (C=O) groups is 2. The van der Waals surface area contributed by atoms with Crippen molar-refractivity contribution in [3.05, 3.63) is 47.3 Å². The Morgan fingerprint density at radius 1 is 1.24 bits per heavy atom. The summed E-state index contributed by atoms with van der Waals surface area (Å²) in [6.45, 7) is 2.99. The van der Waals surface area contributed by atoms with E-state index in [1.54, 1.807) is 30.6 Å². The second kappa shape index (κ2) is 6.96. The minimum absolute atomic E-state index is 0.0760. The van der Waals surface area contributed by atoms with Gasteiger partial charge in [-0.15, -0.1) is 0 Å². The molecule has 0 aliphatic carbocycles. The van der Waals surface area contributed by atoms with Crippen molar-refractivity contribution >= 4 is 12.0 Å². The number of benzene rings is 1. The van der Waals surface area contributed by atoms with Crippen molar-refractivity contribution in [3.63, 3.8) is 0 Å². The summed E-state index contributed by atoms with van der Waals surface area (Å²) in [6, 6.07) is 9.60.